The summed E-state index contributed by atoms with van der Waals surface area (Å²) in [7, 11) is 0. The van der Waals surface area contributed by atoms with Gasteiger partial charge in [-0.25, -0.2) is 4.98 Å². The molecule has 0 amide bonds. The second-order valence-corrected chi connectivity index (χ2v) is 14.9. The number of hydrogen-bond donors (Lipinski definition) is 0. The summed E-state index contributed by atoms with van der Waals surface area (Å²) in [5.74, 6) is 0.649. The highest BCUT2D eigenvalue weighted by molar-refractivity contribution is 6.15. The molecule has 278 valence electrons. The van der Waals surface area contributed by atoms with E-state index in [1.807, 2.05) is 41.0 Å². The number of nitrogens with zero attached hydrogens (tertiary/aromatic N) is 3. The summed E-state index contributed by atoms with van der Waals surface area (Å²) in [5.41, 5.74) is 17.4. The Morgan fingerprint density at radius 2 is 0.763 bits per heavy atom. The lowest BCUT2D eigenvalue weighted by Crippen LogP contribution is -2.03. The molecule has 11 rings (SSSR count). The minimum absolute atomic E-state index is 0.273. The first-order valence-corrected chi connectivity index (χ1v) is 20.0. The number of benzene rings is 9. The molecule has 0 saturated heterocycles. The van der Waals surface area contributed by atoms with Crippen LogP contribution in [0.2, 0.25) is 0 Å². The van der Waals surface area contributed by atoms with E-state index in [9.17, 15) is 0 Å². The van der Waals surface area contributed by atoms with Crippen LogP contribution in [0.3, 0.4) is 0 Å². The van der Waals surface area contributed by atoms with Crippen molar-refractivity contribution in [1.82, 2.24) is 14.0 Å². The Balaban J connectivity index is 1.35. The zero-order valence-corrected chi connectivity index (χ0v) is 32.1. The molecule has 0 atom stereocenters. The maximum absolute atomic E-state index is 8.72. The van der Waals surface area contributed by atoms with Gasteiger partial charge >= 0.3 is 0 Å². The third-order valence-corrected chi connectivity index (χ3v) is 11.4. The van der Waals surface area contributed by atoms with Crippen molar-refractivity contribution in [2.75, 3.05) is 0 Å². The fourth-order valence-electron chi connectivity index (χ4n) is 9.00. The van der Waals surface area contributed by atoms with E-state index in [1.165, 1.54) is 0 Å². The van der Waals surface area contributed by atoms with Crippen LogP contribution < -0.4 is 0 Å². The van der Waals surface area contributed by atoms with Crippen molar-refractivity contribution in [3.8, 4) is 72.4 Å². The molecule has 9 aromatic carbocycles. The van der Waals surface area contributed by atoms with Crippen molar-refractivity contribution in [2.24, 2.45) is 0 Å². The normalized spacial score (nSPS) is 12.4. The molecule has 0 radical (unpaired) electrons. The molecule has 2 heterocycles. The smallest absolute Gasteiger partial charge is 0.220 e. The summed E-state index contributed by atoms with van der Waals surface area (Å²) in [6, 6.07) is 75.8. The molecule has 0 N–H and O–H groups in total. The number of aryl methyl sites for hydroxylation is 1. The van der Waals surface area contributed by atoms with Gasteiger partial charge in [0.15, 0.2) is 0 Å². The van der Waals surface area contributed by atoms with Gasteiger partial charge in [-0.1, -0.05) is 188 Å². The molecule has 0 aliphatic heterocycles. The Labute approximate surface area is 348 Å². The van der Waals surface area contributed by atoms with Gasteiger partial charge in [-0.15, -0.1) is 0 Å². The van der Waals surface area contributed by atoms with E-state index in [-0.39, 0.29) is 5.56 Å². The van der Waals surface area contributed by atoms with Gasteiger partial charge in [0.25, 0.3) is 0 Å². The number of fused-ring (bicyclic) bond motifs is 5. The second kappa shape index (κ2) is 14.3. The first-order valence-electron chi connectivity index (χ1n) is 21.5. The molecule has 59 heavy (non-hydrogen) atoms. The molecular weight excluding hydrogens is 715 g/mol. The predicted octanol–water partition coefficient (Wildman–Crippen LogP) is 14.7. The maximum atomic E-state index is 8.72. The van der Waals surface area contributed by atoms with E-state index in [0.717, 1.165) is 89.0 Å². The number of hydrogen-bond acceptors (Lipinski definition) is 1. The fourth-order valence-corrected chi connectivity index (χ4v) is 9.00. The van der Waals surface area contributed by atoms with Crippen LogP contribution in [0.4, 0.5) is 0 Å². The van der Waals surface area contributed by atoms with Crippen LogP contribution in [-0.4, -0.2) is 14.0 Å². The Kier molecular flexibility index (Phi) is 7.61. The summed E-state index contributed by atoms with van der Waals surface area (Å²) in [6.07, 6.45) is 0. The molecule has 0 aliphatic carbocycles. The van der Waals surface area contributed by atoms with Gasteiger partial charge in [0.1, 0.15) is 0 Å². The highest BCUT2D eigenvalue weighted by atomic mass is 15.2. The van der Waals surface area contributed by atoms with Crippen LogP contribution >= 0.6 is 0 Å². The molecule has 0 saturated carbocycles. The first-order chi connectivity index (χ1) is 30.5. The molecular formula is C56H39N3. The van der Waals surface area contributed by atoms with Crippen LogP contribution in [0.25, 0.3) is 100 Å². The summed E-state index contributed by atoms with van der Waals surface area (Å²) >= 11 is 0. The number of rotatable bonds is 7. The van der Waals surface area contributed by atoms with E-state index in [2.05, 4.69) is 180 Å². The van der Waals surface area contributed by atoms with Gasteiger partial charge in [-0.2, -0.15) is 0 Å². The van der Waals surface area contributed by atoms with Crippen LogP contribution in [0, 0.1) is 6.85 Å². The monoisotopic (exact) mass is 756 g/mol. The van der Waals surface area contributed by atoms with Crippen LogP contribution in [0.5, 0.6) is 0 Å². The summed E-state index contributed by atoms with van der Waals surface area (Å²) < 4.78 is 30.3. The lowest BCUT2D eigenvalue weighted by atomic mass is 9.74. The topological polar surface area (TPSA) is 22.2 Å². The van der Waals surface area contributed by atoms with E-state index in [0.29, 0.717) is 11.3 Å². The van der Waals surface area contributed by atoms with Gasteiger partial charge in [0.05, 0.1) is 22.1 Å². The van der Waals surface area contributed by atoms with Gasteiger partial charge < -0.3 is 0 Å². The largest absolute Gasteiger partial charge is 0.278 e. The van der Waals surface area contributed by atoms with E-state index in [1.54, 1.807) is 6.07 Å². The minimum Gasteiger partial charge on any atom is -0.278 e. The zero-order valence-electron chi connectivity index (χ0n) is 35.1. The Hall–Kier alpha value is -7.75. The van der Waals surface area contributed by atoms with E-state index < -0.39 is 6.85 Å². The van der Waals surface area contributed by atoms with Crippen molar-refractivity contribution >= 4 is 27.8 Å². The summed E-state index contributed by atoms with van der Waals surface area (Å²) in [6.45, 7) is -2.37. The van der Waals surface area contributed by atoms with E-state index >= 15 is 0 Å². The Morgan fingerprint density at radius 3 is 1.24 bits per heavy atom. The third-order valence-electron chi connectivity index (χ3n) is 11.4. The molecule has 0 unspecified atom stereocenters. The van der Waals surface area contributed by atoms with Crippen molar-refractivity contribution in [1.29, 1.82) is 0 Å². The van der Waals surface area contributed by atoms with Gasteiger partial charge in [0.2, 0.25) is 5.78 Å². The van der Waals surface area contributed by atoms with Crippen molar-refractivity contribution < 1.29 is 4.11 Å². The lowest BCUT2D eigenvalue weighted by molar-refractivity contribution is 1.10. The standard InChI is InChI=1S/C56H39N3/c1-38-21-19-36-48-55(38)58(56-57-46-34-17-18-35-47(46)59(48)56)45-33-20-32-44(37-45)54-52(42-28-13-5-14-29-42)50(40-24-9-3-10-25-40)49(39-22-7-2-8-23-39)51(41-26-11-4-12-27-41)53(54)43-30-15-6-16-31-43/h2-37H,1H3/i1D3. The highest BCUT2D eigenvalue weighted by Gasteiger charge is 2.29. The van der Waals surface area contributed by atoms with Crippen LogP contribution in [0.15, 0.2) is 218 Å². The zero-order chi connectivity index (χ0) is 41.8. The van der Waals surface area contributed by atoms with Crippen molar-refractivity contribution in [3.63, 3.8) is 0 Å². The van der Waals surface area contributed by atoms with Gasteiger partial charge in [0, 0.05) is 9.80 Å². The first kappa shape index (κ1) is 31.3. The summed E-state index contributed by atoms with van der Waals surface area (Å²) in [5, 5.41) is 0. The quantitative estimate of drug-likeness (QED) is 0.159. The molecule has 0 aliphatic rings. The lowest BCUT2D eigenvalue weighted by Gasteiger charge is -2.29. The Morgan fingerprint density at radius 1 is 0.373 bits per heavy atom. The third kappa shape index (κ3) is 5.70. The van der Waals surface area contributed by atoms with Gasteiger partial charge in [-0.3, -0.25) is 8.97 Å². The maximum Gasteiger partial charge on any atom is 0.220 e. The summed E-state index contributed by atoms with van der Waals surface area (Å²) in [4.78, 5) is 5.18. The fraction of sp³-hybridized carbons (Fsp3) is 0.0179. The van der Waals surface area contributed by atoms with Crippen LogP contribution in [0.1, 0.15) is 9.68 Å². The molecule has 2 aromatic heterocycles. The molecule has 11 aromatic rings. The van der Waals surface area contributed by atoms with Crippen LogP contribution in [-0.2, 0) is 0 Å². The van der Waals surface area contributed by atoms with Crippen molar-refractivity contribution in [2.45, 2.75) is 6.85 Å². The molecule has 0 spiro atoms. The molecule has 3 nitrogen and oxygen atoms in total. The number of aromatic nitrogens is 3. The average Bonchev–Trinajstić information content (AvgIpc) is 3.86. The molecule has 0 fully saturated rings. The Bertz CT molecular complexity index is 3310. The highest BCUT2D eigenvalue weighted by Crippen LogP contribution is 2.56. The minimum atomic E-state index is -2.37. The van der Waals surface area contributed by atoms with Gasteiger partial charge in [-0.05, 0) is 110 Å². The molecule has 0 bridgehead atoms. The van der Waals surface area contributed by atoms with Crippen molar-refractivity contribution in [3.05, 3.63) is 224 Å². The number of para-hydroxylation sites is 3. The SMILES string of the molecule is [2H]C([2H])([2H])c1cccc2c1n(-c1cccc(-c3c(-c4ccccc4)c(-c4ccccc4)c(-c4ccccc4)c(-c4ccccc4)c3-c3ccccc3)c1)c1nc3ccccc3n21. The molecule has 3 heteroatoms. The number of imidazole rings is 2. The second-order valence-electron chi connectivity index (χ2n) is 14.9. The average molecular weight is 757 g/mol. The van der Waals surface area contributed by atoms with E-state index in [4.69, 9.17) is 9.10 Å². The predicted molar refractivity (Wildman–Crippen MR) is 247 cm³/mol.